The van der Waals surface area contributed by atoms with Crippen LogP contribution in [-0.2, 0) is 11.3 Å². The number of hydrogen-bond acceptors (Lipinski definition) is 4. The number of nitrogens with zero attached hydrogens (tertiary/aromatic N) is 3. The fraction of sp³-hybridized carbons (Fsp3) is 0.538. The molecule has 4 amide bonds. The predicted octanol–water partition coefficient (Wildman–Crippen LogP) is 3.81. The Labute approximate surface area is 201 Å². The monoisotopic (exact) mass is 465 g/mol. The van der Waals surface area contributed by atoms with Crippen molar-refractivity contribution in [3.63, 3.8) is 0 Å². The highest BCUT2D eigenvalue weighted by atomic mass is 16.2. The van der Waals surface area contributed by atoms with Gasteiger partial charge in [-0.25, -0.2) is 4.79 Å². The summed E-state index contributed by atoms with van der Waals surface area (Å²) in [4.78, 5) is 50.5. The number of aromatic amines is 1. The molecule has 1 unspecified atom stereocenters. The van der Waals surface area contributed by atoms with Gasteiger partial charge in [0.2, 0.25) is 0 Å². The summed E-state index contributed by atoms with van der Waals surface area (Å²) in [5.41, 5.74) is 2.31. The second-order valence-electron chi connectivity index (χ2n) is 10.1. The van der Waals surface area contributed by atoms with Crippen LogP contribution < -0.4 is 5.32 Å². The largest absolute Gasteiger partial charge is 0.354 e. The summed E-state index contributed by atoms with van der Waals surface area (Å²) >= 11 is 0. The standard InChI is InChI=1S/C26H35N5O3/c1-17(2)8-11-26(24(33)31(25(34)29-26)16-21-7-5-6-12-27-21)20-9-13-30(14-10-20)23(32)22-18(3)15-19(4)28-22/h5-7,12,15,17,20,28H,8-11,13-14,16H2,1-4H3,(H,29,34). The molecule has 8 nitrogen and oxygen atoms in total. The molecule has 34 heavy (non-hydrogen) atoms. The first-order valence-electron chi connectivity index (χ1n) is 12.2. The lowest BCUT2D eigenvalue weighted by molar-refractivity contribution is -0.134. The van der Waals surface area contributed by atoms with Crippen LogP contribution in [0.4, 0.5) is 4.79 Å². The highest BCUT2D eigenvalue weighted by molar-refractivity contribution is 6.07. The van der Waals surface area contributed by atoms with Crippen LogP contribution in [-0.4, -0.2) is 56.2 Å². The number of H-pyrrole nitrogens is 1. The summed E-state index contributed by atoms with van der Waals surface area (Å²) in [6.07, 6.45) is 4.45. The van der Waals surface area contributed by atoms with Gasteiger partial charge in [0.25, 0.3) is 11.8 Å². The van der Waals surface area contributed by atoms with Gasteiger partial charge < -0.3 is 15.2 Å². The number of aryl methyl sites for hydroxylation is 2. The number of rotatable bonds is 7. The molecule has 0 aliphatic carbocycles. The van der Waals surface area contributed by atoms with Crippen molar-refractivity contribution >= 4 is 17.8 Å². The normalized spacial score (nSPS) is 21.4. The van der Waals surface area contributed by atoms with Crippen molar-refractivity contribution in [3.05, 3.63) is 53.1 Å². The van der Waals surface area contributed by atoms with Crippen LogP contribution in [0.15, 0.2) is 30.5 Å². The van der Waals surface area contributed by atoms with Crippen molar-refractivity contribution in [2.75, 3.05) is 13.1 Å². The van der Waals surface area contributed by atoms with Crippen molar-refractivity contribution < 1.29 is 14.4 Å². The number of urea groups is 1. The maximum atomic E-state index is 13.8. The molecule has 2 aromatic heterocycles. The molecule has 2 fully saturated rings. The zero-order valence-corrected chi connectivity index (χ0v) is 20.6. The number of aromatic nitrogens is 2. The second-order valence-corrected chi connectivity index (χ2v) is 10.1. The van der Waals surface area contributed by atoms with E-state index in [1.54, 1.807) is 6.20 Å². The number of pyridine rings is 1. The molecule has 8 heteroatoms. The molecule has 2 N–H and O–H groups in total. The van der Waals surface area contributed by atoms with Crippen molar-refractivity contribution in [2.24, 2.45) is 11.8 Å². The Hall–Kier alpha value is -3.16. The number of carbonyl (C=O) groups is 3. The number of piperidine rings is 1. The van der Waals surface area contributed by atoms with E-state index in [1.165, 1.54) is 4.90 Å². The molecule has 2 aliphatic rings. The van der Waals surface area contributed by atoms with Crippen molar-refractivity contribution in [3.8, 4) is 0 Å². The van der Waals surface area contributed by atoms with Gasteiger partial charge in [-0.05, 0) is 75.1 Å². The van der Waals surface area contributed by atoms with Crippen molar-refractivity contribution in [1.29, 1.82) is 0 Å². The van der Waals surface area contributed by atoms with Crippen LogP contribution in [0, 0.1) is 25.7 Å². The summed E-state index contributed by atoms with van der Waals surface area (Å²) in [6.45, 7) is 9.43. The summed E-state index contributed by atoms with van der Waals surface area (Å²) < 4.78 is 0. The Kier molecular flexibility index (Phi) is 6.77. The molecule has 2 saturated heterocycles. The minimum absolute atomic E-state index is 0.00107. The first-order chi connectivity index (χ1) is 16.2. The molecule has 0 radical (unpaired) electrons. The molecule has 2 aromatic rings. The van der Waals surface area contributed by atoms with Crippen LogP contribution in [0.25, 0.3) is 0 Å². The molecule has 0 saturated carbocycles. The SMILES string of the molecule is Cc1cc(C)c(C(=O)N2CCC(C3(CCC(C)C)NC(=O)N(Cc4ccccn4)C3=O)CC2)[nH]1. The average molecular weight is 466 g/mol. The third-order valence-electron chi connectivity index (χ3n) is 7.21. The number of nitrogens with one attached hydrogen (secondary N) is 2. The zero-order valence-electron chi connectivity index (χ0n) is 20.6. The molecule has 4 heterocycles. The molecular formula is C26H35N5O3. The van der Waals surface area contributed by atoms with Gasteiger partial charge in [-0.2, -0.15) is 0 Å². The van der Waals surface area contributed by atoms with Crippen molar-refractivity contribution in [2.45, 2.75) is 65.5 Å². The van der Waals surface area contributed by atoms with Crippen LogP contribution in [0.5, 0.6) is 0 Å². The summed E-state index contributed by atoms with van der Waals surface area (Å²) in [5.74, 6) is 0.224. The highest BCUT2D eigenvalue weighted by Gasteiger charge is 2.55. The van der Waals surface area contributed by atoms with E-state index in [4.69, 9.17) is 0 Å². The Balaban J connectivity index is 1.51. The molecule has 0 aromatic carbocycles. The molecule has 182 valence electrons. The van der Waals surface area contributed by atoms with E-state index in [0.717, 1.165) is 17.7 Å². The number of carbonyl (C=O) groups excluding carboxylic acids is 3. The van der Waals surface area contributed by atoms with E-state index in [-0.39, 0.29) is 30.3 Å². The van der Waals surface area contributed by atoms with Crippen LogP contribution in [0.1, 0.15) is 67.0 Å². The van der Waals surface area contributed by atoms with Gasteiger partial charge in [-0.1, -0.05) is 19.9 Å². The Morgan fingerprint density at radius 1 is 1.21 bits per heavy atom. The number of likely N-dealkylation sites (tertiary alicyclic amines) is 1. The molecule has 0 spiro atoms. The number of amides is 4. The second kappa shape index (κ2) is 9.60. The van der Waals surface area contributed by atoms with Crippen LogP contribution in [0.3, 0.4) is 0 Å². The maximum Gasteiger partial charge on any atom is 0.325 e. The minimum Gasteiger partial charge on any atom is -0.354 e. The quantitative estimate of drug-likeness (QED) is 0.608. The van der Waals surface area contributed by atoms with E-state index >= 15 is 0 Å². The fourth-order valence-corrected chi connectivity index (χ4v) is 5.29. The first kappa shape index (κ1) is 24.0. The van der Waals surface area contributed by atoms with Gasteiger partial charge in [-0.3, -0.25) is 19.5 Å². The third kappa shape index (κ3) is 4.58. The highest BCUT2D eigenvalue weighted by Crippen LogP contribution is 2.38. The van der Waals surface area contributed by atoms with Crippen LogP contribution >= 0.6 is 0 Å². The van der Waals surface area contributed by atoms with Gasteiger partial charge in [0.15, 0.2) is 0 Å². The number of imide groups is 1. The lowest BCUT2D eigenvalue weighted by Gasteiger charge is -2.41. The van der Waals surface area contributed by atoms with E-state index in [0.29, 0.717) is 49.7 Å². The van der Waals surface area contributed by atoms with Gasteiger partial charge >= 0.3 is 6.03 Å². The summed E-state index contributed by atoms with van der Waals surface area (Å²) in [5, 5.41) is 3.10. The Morgan fingerprint density at radius 3 is 2.53 bits per heavy atom. The summed E-state index contributed by atoms with van der Waals surface area (Å²) in [7, 11) is 0. The average Bonchev–Trinajstić information content (AvgIpc) is 3.28. The maximum absolute atomic E-state index is 13.8. The van der Waals surface area contributed by atoms with Crippen molar-refractivity contribution in [1.82, 2.24) is 25.1 Å². The molecule has 4 rings (SSSR count). The van der Waals surface area contributed by atoms with Gasteiger partial charge in [-0.15, -0.1) is 0 Å². The lowest BCUT2D eigenvalue weighted by Crippen LogP contribution is -2.56. The molecular weight excluding hydrogens is 430 g/mol. The number of hydrogen-bond donors (Lipinski definition) is 2. The van der Waals surface area contributed by atoms with Gasteiger partial charge in [0, 0.05) is 25.0 Å². The zero-order chi connectivity index (χ0) is 24.5. The molecule has 1 atom stereocenters. The van der Waals surface area contributed by atoms with E-state index < -0.39 is 5.54 Å². The minimum atomic E-state index is -0.926. The predicted molar refractivity (Wildman–Crippen MR) is 129 cm³/mol. The Bertz CT molecular complexity index is 1060. The van der Waals surface area contributed by atoms with E-state index in [2.05, 4.69) is 29.1 Å². The smallest absolute Gasteiger partial charge is 0.325 e. The van der Waals surface area contributed by atoms with Crippen LogP contribution in [0.2, 0.25) is 0 Å². The molecule has 2 aliphatic heterocycles. The first-order valence-corrected chi connectivity index (χ1v) is 12.2. The fourth-order valence-electron chi connectivity index (χ4n) is 5.29. The molecule has 0 bridgehead atoms. The summed E-state index contributed by atoms with van der Waals surface area (Å²) in [6, 6.07) is 7.11. The van der Waals surface area contributed by atoms with Gasteiger partial charge in [0.1, 0.15) is 11.2 Å². The topological polar surface area (TPSA) is 98.4 Å². The van der Waals surface area contributed by atoms with E-state index in [9.17, 15) is 14.4 Å². The third-order valence-corrected chi connectivity index (χ3v) is 7.21. The lowest BCUT2D eigenvalue weighted by atomic mass is 9.73. The Morgan fingerprint density at radius 2 is 1.94 bits per heavy atom. The van der Waals surface area contributed by atoms with Gasteiger partial charge in [0.05, 0.1) is 12.2 Å². The van der Waals surface area contributed by atoms with E-state index in [1.807, 2.05) is 43.0 Å².